The van der Waals surface area contributed by atoms with Crippen LogP contribution < -0.4 is 10.6 Å². The van der Waals surface area contributed by atoms with Crippen LogP contribution in [0.1, 0.15) is 58.8 Å². The van der Waals surface area contributed by atoms with Crippen molar-refractivity contribution in [3.8, 4) is 0 Å². The van der Waals surface area contributed by atoms with Crippen molar-refractivity contribution in [2.75, 3.05) is 39.0 Å². The lowest BCUT2D eigenvalue weighted by Gasteiger charge is -2.32. The van der Waals surface area contributed by atoms with Crippen LogP contribution in [0.4, 0.5) is 0 Å². The molecule has 3 unspecified atom stereocenters. The number of hydrogen-bond donors (Lipinski definition) is 2. The number of likely N-dealkylation sites (tertiary alicyclic amines) is 1. The molecule has 2 fully saturated rings. The quantitative estimate of drug-likeness (QED) is 0.322. The van der Waals surface area contributed by atoms with Gasteiger partial charge in [0.15, 0.2) is 5.96 Å². The second-order valence-electron chi connectivity index (χ2n) is 7.46. The Balaban J connectivity index is 0.00000338. The third-order valence-electron chi connectivity index (χ3n) is 5.85. The van der Waals surface area contributed by atoms with Crippen molar-refractivity contribution in [3.63, 3.8) is 0 Å². The van der Waals surface area contributed by atoms with Crippen LogP contribution in [0.5, 0.6) is 0 Å². The molecule has 7 heteroatoms. The molecule has 3 atom stereocenters. The molecule has 2 rings (SSSR count). The van der Waals surface area contributed by atoms with Gasteiger partial charge in [0.25, 0.3) is 0 Å². The number of guanidine groups is 1. The third-order valence-corrected chi connectivity index (χ3v) is 7.59. The highest BCUT2D eigenvalue weighted by molar-refractivity contribution is 14.0. The zero-order valence-electron chi connectivity index (χ0n) is 16.8. The van der Waals surface area contributed by atoms with Crippen LogP contribution in [0.2, 0.25) is 0 Å². The molecule has 0 aromatic rings. The second kappa shape index (κ2) is 13.3. The van der Waals surface area contributed by atoms with Crippen LogP contribution in [0.25, 0.3) is 0 Å². The molecule has 0 amide bonds. The number of hydrogen-bond acceptors (Lipinski definition) is 3. The van der Waals surface area contributed by atoms with Gasteiger partial charge >= 0.3 is 0 Å². The van der Waals surface area contributed by atoms with E-state index in [4.69, 9.17) is 0 Å². The van der Waals surface area contributed by atoms with Gasteiger partial charge in [-0.25, -0.2) is 0 Å². The molecule has 26 heavy (non-hydrogen) atoms. The Bertz CT molecular complexity index is 441. The summed E-state index contributed by atoms with van der Waals surface area (Å²) in [5.74, 6) is 2.54. The summed E-state index contributed by atoms with van der Waals surface area (Å²) in [4.78, 5) is 6.94. The van der Waals surface area contributed by atoms with E-state index in [2.05, 4.69) is 27.4 Å². The van der Waals surface area contributed by atoms with E-state index in [1.807, 2.05) is 14.0 Å². The first-order valence-electron chi connectivity index (χ1n) is 10.2. The van der Waals surface area contributed by atoms with Crippen LogP contribution in [0.15, 0.2) is 4.99 Å². The van der Waals surface area contributed by atoms with E-state index in [0.29, 0.717) is 11.3 Å². The zero-order valence-corrected chi connectivity index (χ0v) is 20.0. The Hall–Kier alpha value is 0.110. The molecule has 2 N–H and O–H groups in total. The van der Waals surface area contributed by atoms with Crippen LogP contribution in [0.3, 0.4) is 0 Å². The first kappa shape index (κ1) is 24.1. The van der Waals surface area contributed by atoms with Gasteiger partial charge in [-0.3, -0.25) is 9.20 Å². The summed E-state index contributed by atoms with van der Waals surface area (Å²) < 4.78 is 12.1. The lowest BCUT2D eigenvalue weighted by molar-refractivity contribution is 0.187. The minimum absolute atomic E-state index is 0. The molecule has 2 aliphatic rings. The molecule has 1 aliphatic carbocycles. The first-order chi connectivity index (χ1) is 12.2. The summed E-state index contributed by atoms with van der Waals surface area (Å²) in [6.45, 7) is 8.97. The highest BCUT2D eigenvalue weighted by atomic mass is 127. The van der Waals surface area contributed by atoms with E-state index in [-0.39, 0.29) is 24.0 Å². The monoisotopic (exact) mass is 498 g/mol. The number of nitrogens with one attached hydrogen (secondary N) is 2. The maximum absolute atomic E-state index is 12.1. The van der Waals surface area contributed by atoms with E-state index < -0.39 is 10.8 Å². The summed E-state index contributed by atoms with van der Waals surface area (Å²) in [6, 6.07) is 0.410. The molecule has 0 aromatic heterocycles. The lowest BCUT2D eigenvalue weighted by Crippen LogP contribution is -2.47. The van der Waals surface area contributed by atoms with Gasteiger partial charge in [0.05, 0.1) is 0 Å². The molecular weight excluding hydrogens is 459 g/mol. The highest BCUT2D eigenvalue weighted by Gasteiger charge is 2.26. The van der Waals surface area contributed by atoms with Gasteiger partial charge < -0.3 is 15.5 Å². The van der Waals surface area contributed by atoms with Gasteiger partial charge in [-0.15, -0.1) is 24.0 Å². The zero-order chi connectivity index (χ0) is 18.1. The number of nitrogens with zero attached hydrogens (tertiary/aromatic N) is 2. The second-order valence-corrected chi connectivity index (χ2v) is 9.47. The molecule has 1 heterocycles. The summed E-state index contributed by atoms with van der Waals surface area (Å²) in [7, 11) is 1.18. The number of aliphatic imine (C=N–C) groups is 1. The SMILES string of the molecule is CCN1CCC(CCNC(=NC)NC2CCCC(S(=O)CC)C2)CC1.I. The summed E-state index contributed by atoms with van der Waals surface area (Å²) >= 11 is 0. The Morgan fingerprint density at radius 1 is 1.19 bits per heavy atom. The molecule has 1 aliphatic heterocycles. The van der Waals surface area contributed by atoms with Gasteiger partial charge in [0, 0.05) is 41.4 Å². The van der Waals surface area contributed by atoms with Crippen molar-refractivity contribution in [2.24, 2.45) is 10.9 Å². The van der Waals surface area contributed by atoms with Gasteiger partial charge in [0.2, 0.25) is 0 Å². The van der Waals surface area contributed by atoms with Crippen molar-refractivity contribution < 1.29 is 4.21 Å². The molecule has 154 valence electrons. The van der Waals surface area contributed by atoms with Gasteiger partial charge in [-0.05, 0) is 64.1 Å². The maximum Gasteiger partial charge on any atom is 0.191 e. The molecule has 5 nitrogen and oxygen atoms in total. The summed E-state index contributed by atoms with van der Waals surface area (Å²) in [6.07, 6.45) is 8.33. The largest absolute Gasteiger partial charge is 0.356 e. The van der Waals surface area contributed by atoms with Gasteiger partial charge in [-0.2, -0.15) is 0 Å². The van der Waals surface area contributed by atoms with Crippen LogP contribution >= 0.6 is 24.0 Å². The van der Waals surface area contributed by atoms with Crippen LogP contribution in [0, 0.1) is 5.92 Å². The van der Waals surface area contributed by atoms with E-state index in [1.165, 1.54) is 45.3 Å². The van der Waals surface area contributed by atoms with Crippen LogP contribution in [-0.2, 0) is 10.8 Å². The van der Waals surface area contributed by atoms with Crippen molar-refractivity contribution in [1.82, 2.24) is 15.5 Å². The Labute approximate surface area is 180 Å². The number of piperidine rings is 1. The summed E-state index contributed by atoms with van der Waals surface area (Å²) in [5, 5.41) is 7.42. The number of halogens is 1. The summed E-state index contributed by atoms with van der Waals surface area (Å²) in [5.41, 5.74) is 0. The standard InChI is InChI=1S/C19H38N4OS.HI/c1-4-23-13-10-16(11-14-23)9-12-21-19(20-3)22-17-7-6-8-18(15-17)25(24)5-2;/h16-18H,4-15H2,1-3H3,(H2,20,21,22);1H. The maximum atomic E-state index is 12.1. The number of rotatable bonds is 7. The highest BCUT2D eigenvalue weighted by Crippen LogP contribution is 2.23. The van der Waals surface area contributed by atoms with Crippen LogP contribution in [-0.4, -0.2) is 65.3 Å². The van der Waals surface area contributed by atoms with E-state index in [0.717, 1.165) is 43.4 Å². The minimum atomic E-state index is -0.668. The average molecular weight is 499 g/mol. The predicted octanol–water partition coefficient (Wildman–Crippen LogP) is 2.97. The van der Waals surface area contributed by atoms with Crippen molar-refractivity contribution >= 4 is 40.7 Å². The molecule has 0 aromatic carbocycles. The van der Waals surface area contributed by atoms with Crippen molar-refractivity contribution in [1.29, 1.82) is 0 Å². The van der Waals surface area contributed by atoms with E-state index >= 15 is 0 Å². The molecule has 1 saturated carbocycles. The Kier molecular flexibility index (Phi) is 12.4. The van der Waals surface area contributed by atoms with Crippen molar-refractivity contribution in [2.45, 2.75) is 70.1 Å². The fraction of sp³-hybridized carbons (Fsp3) is 0.947. The van der Waals surface area contributed by atoms with Gasteiger partial charge in [0.1, 0.15) is 0 Å². The first-order valence-corrected chi connectivity index (χ1v) is 11.6. The molecule has 0 spiro atoms. The van der Waals surface area contributed by atoms with E-state index in [1.54, 1.807) is 0 Å². The Morgan fingerprint density at radius 2 is 1.92 bits per heavy atom. The fourth-order valence-corrected chi connectivity index (χ4v) is 5.47. The lowest BCUT2D eigenvalue weighted by atomic mass is 9.93. The third kappa shape index (κ3) is 8.00. The smallest absolute Gasteiger partial charge is 0.191 e. The van der Waals surface area contributed by atoms with Gasteiger partial charge in [-0.1, -0.05) is 20.3 Å². The molecular formula is C19H39IN4OS. The minimum Gasteiger partial charge on any atom is -0.356 e. The Morgan fingerprint density at radius 3 is 2.54 bits per heavy atom. The average Bonchev–Trinajstić information content (AvgIpc) is 2.67. The molecule has 0 bridgehead atoms. The molecule has 0 radical (unpaired) electrons. The fourth-order valence-electron chi connectivity index (χ4n) is 4.12. The topological polar surface area (TPSA) is 56.7 Å². The predicted molar refractivity (Wildman–Crippen MR) is 124 cm³/mol. The van der Waals surface area contributed by atoms with Crippen molar-refractivity contribution in [3.05, 3.63) is 0 Å². The molecule has 1 saturated heterocycles. The van der Waals surface area contributed by atoms with E-state index in [9.17, 15) is 4.21 Å². The normalized spacial score (nSPS) is 26.8.